The first-order chi connectivity index (χ1) is 18.1. The minimum absolute atomic E-state index is 0.0528. The third-order valence-electron chi connectivity index (χ3n) is 6.82. The lowest BCUT2D eigenvalue weighted by Gasteiger charge is -2.35. The minimum Gasteiger partial charge on any atom is -0.505 e. The van der Waals surface area contributed by atoms with E-state index in [-0.39, 0.29) is 36.2 Å². The quantitative estimate of drug-likeness (QED) is 0.263. The highest BCUT2D eigenvalue weighted by atomic mass is 32.2. The Balaban J connectivity index is 1.98. The van der Waals surface area contributed by atoms with Crippen LogP contribution in [0, 0.1) is 10.1 Å². The molecular weight excluding hydrogens is 510 g/mol. The fraction of sp³-hybridized carbons (Fsp3) is 0.296. The number of aliphatic hydroxyl groups excluding tert-OH is 1. The van der Waals surface area contributed by atoms with Gasteiger partial charge >= 0.3 is 0 Å². The Morgan fingerprint density at radius 2 is 1.79 bits per heavy atom. The zero-order chi connectivity index (χ0) is 27.6. The summed E-state index contributed by atoms with van der Waals surface area (Å²) in [6.45, 7) is 1.71. The molecule has 0 saturated heterocycles. The predicted molar refractivity (Wildman–Crippen MR) is 142 cm³/mol. The number of aromatic hydroxyl groups is 1. The first-order valence-electron chi connectivity index (χ1n) is 12.2. The molecule has 0 bridgehead atoms. The molecule has 0 spiro atoms. The van der Waals surface area contributed by atoms with Gasteiger partial charge in [-0.1, -0.05) is 67.9 Å². The maximum atomic E-state index is 14.1. The van der Waals surface area contributed by atoms with Gasteiger partial charge < -0.3 is 15.9 Å². The van der Waals surface area contributed by atoms with E-state index in [4.69, 9.17) is 5.73 Å². The van der Waals surface area contributed by atoms with Crippen molar-refractivity contribution in [3.8, 4) is 5.75 Å². The number of nitrogens with zero attached hydrogens (tertiary/aromatic N) is 2. The highest BCUT2D eigenvalue weighted by Crippen LogP contribution is 2.47. The average Bonchev–Trinajstić information content (AvgIpc) is 3.20. The molecule has 0 aromatic heterocycles. The van der Waals surface area contributed by atoms with Gasteiger partial charge in [-0.3, -0.25) is 19.2 Å². The van der Waals surface area contributed by atoms with Crippen LogP contribution in [0.4, 0.5) is 11.4 Å². The number of aliphatic hydroxyl groups is 1. The van der Waals surface area contributed by atoms with Crippen LogP contribution in [-0.4, -0.2) is 40.8 Å². The Labute approximate surface area is 220 Å². The van der Waals surface area contributed by atoms with Gasteiger partial charge in [0.25, 0.3) is 5.69 Å². The SMILES string of the molecule is CCCC(C(N)=O)S(=O)(=O)N(c1ccc([N+](=O)[O-])c(Cc2ccccc2)c1O)[C@H]1c2ccccc2C[C@H]1O. The summed E-state index contributed by atoms with van der Waals surface area (Å²) in [7, 11) is -4.61. The highest BCUT2D eigenvalue weighted by molar-refractivity contribution is 7.94. The largest absolute Gasteiger partial charge is 0.505 e. The number of hydrogen-bond donors (Lipinski definition) is 3. The standard InChI is InChI=1S/C27H29N3O7S/c1-2-8-24(27(28)33)38(36,37)29(25-19-12-7-6-11-18(19)16-23(25)31)22-14-13-21(30(34)35)20(26(22)32)15-17-9-4-3-5-10-17/h3-7,9-14,23-25,31-32H,2,8,15-16H2,1H3,(H2,28,33)/t23-,24?,25+/m1/s1. The Morgan fingerprint density at radius 3 is 2.42 bits per heavy atom. The summed E-state index contributed by atoms with van der Waals surface area (Å²) < 4.78 is 29.1. The van der Waals surface area contributed by atoms with E-state index in [9.17, 15) is 33.5 Å². The lowest BCUT2D eigenvalue weighted by atomic mass is 10.0. The molecule has 0 aliphatic heterocycles. The summed E-state index contributed by atoms with van der Waals surface area (Å²) in [4.78, 5) is 23.6. The topological polar surface area (TPSA) is 164 Å². The van der Waals surface area contributed by atoms with Crippen molar-refractivity contribution in [2.24, 2.45) is 5.73 Å². The molecule has 0 saturated carbocycles. The normalized spacial score (nSPS) is 17.5. The summed E-state index contributed by atoms with van der Waals surface area (Å²) in [5.41, 5.74) is 6.65. The van der Waals surface area contributed by atoms with Crippen molar-refractivity contribution in [2.45, 2.75) is 50.0 Å². The third kappa shape index (κ3) is 4.94. The van der Waals surface area contributed by atoms with E-state index in [0.717, 1.165) is 16.4 Å². The van der Waals surface area contributed by atoms with Crippen LogP contribution in [0.1, 0.15) is 48.1 Å². The maximum Gasteiger partial charge on any atom is 0.276 e. The van der Waals surface area contributed by atoms with Gasteiger partial charge in [-0.05, 0) is 29.2 Å². The van der Waals surface area contributed by atoms with E-state index in [1.165, 1.54) is 0 Å². The molecule has 3 atom stereocenters. The molecule has 3 aromatic rings. The second-order valence-corrected chi connectivity index (χ2v) is 11.3. The fourth-order valence-corrected chi connectivity index (χ4v) is 7.15. The third-order valence-corrected chi connectivity index (χ3v) is 8.98. The van der Waals surface area contributed by atoms with Gasteiger partial charge in [-0.2, -0.15) is 0 Å². The molecule has 4 N–H and O–H groups in total. The van der Waals surface area contributed by atoms with Gasteiger partial charge in [-0.15, -0.1) is 0 Å². The Bertz CT molecular complexity index is 1460. The number of carbonyl (C=O) groups excluding carboxylic acids is 1. The molecular formula is C27H29N3O7S. The second kappa shape index (κ2) is 10.8. The first-order valence-corrected chi connectivity index (χ1v) is 13.7. The van der Waals surface area contributed by atoms with Gasteiger partial charge in [0.2, 0.25) is 15.9 Å². The number of primary amides is 1. The van der Waals surface area contributed by atoms with Crippen LogP contribution < -0.4 is 10.0 Å². The highest BCUT2D eigenvalue weighted by Gasteiger charge is 2.46. The number of phenols is 1. The molecule has 38 heavy (non-hydrogen) atoms. The molecule has 1 aliphatic carbocycles. The zero-order valence-electron chi connectivity index (χ0n) is 20.7. The number of nitro benzene ring substituents is 1. The monoisotopic (exact) mass is 539 g/mol. The molecule has 10 nitrogen and oxygen atoms in total. The molecule has 1 amide bonds. The van der Waals surface area contributed by atoms with E-state index in [2.05, 4.69) is 0 Å². The number of nitrogens with two attached hydrogens (primary N) is 1. The van der Waals surface area contributed by atoms with Crippen molar-refractivity contribution >= 4 is 27.3 Å². The molecule has 3 aromatic carbocycles. The molecule has 0 heterocycles. The summed E-state index contributed by atoms with van der Waals surface area (Å²) in [5.74, 6) is -1.69. The Hall–Kier alpha value is -3.96. The zero-order valence-corrected chi connectivity index (χ0v) is 21.5. The second-order valence-electron chi connectivity index (χ2n) is 9.29. The van der Waals surface area contributed by atoms with Gasteiger partial charge in [0, 0.05) is 18.9 Å². The van der Waals surface area contributed by atoms with E-state index >= 15 is 0 Å². The van der Waals surface area contributed by atoms with Crippen molar-refractivity contribution in [1.29, 1.82) is 0 Å². The summed E-state index contributed by atoms with van der Waals surface area (Å²) in [5, 5.41) is 32.8. The minimum atomic E-state index is -4.61. The van der Waals surface area contributed by atoms with Crippen LogP contribution in [0.15, 0.2) is 66.7 Å². The number of hydrogen-bond acceptors (Lipinski definition) is 7. The number of rotatable bonds is 10. The molecule has 0 radical (unpaired) electrons. The number of fused-ring (bicyclic) bond motifs is 1. The Morgan fingerprint density at radius 1 is 1.13 bits per heavy atom. The lowest BCUT2D eigenvalue weighted by Crippen LogP contribution is -2.48. The van der Waals surface area contributed by atoms with E-state index in [1.807, 2.05) is 0 Å². The average molecular weight is 540 g/mol. The van der Waals surface area contributed by atoms with E-state index in [1.54, 1.807) is 61.5 Å². The number of phenolic OH excluding ortho intramolecular Hbond substituents is 1. The molecule has 1 unspecified atom stereocenters. The molecule has 0 fully saturated rings. The molecule has 4 rings (SSSR count). The number of nitro groups is 1. The van der Waals surface area contributed by atoms with Gasteiger partial charge in [0.05, 0.1) is 28.3 Å². The smallest absolute Gasteiger partial charge is 0.276 e. The lowest BCUT2D eigenvalue weighted by molar-refractivity contribution is -0.385. The fourth-order valence-electron chi connectivity index (χ4n) is 5.05. The van der Waals surface area contributed by atoms with Crippen molar-refractivity contribution in [3.05, 3.63) is 99.1 Å². The van der Waals surface area contributed by atoms with Crippen LogP contribution in [-0.2, 0) is 27.7 Å². The van der Waals surface area contributed by atoms with Crippen LogP contribution >= 0.6 is 0 Å². The number of benzene rings is 3. The van der Waals surface area contributed by atoms with Gasteiger partial charge in [0.15, 0.2) is 5.25 Å². The van der Waals surface area contributed by atoms with Crippen LogP contribution in [0.25, 0.3) is 0 Å². The number of anilines is 1. The first kappa shape index (κ1) is 27.1. The summed E-state index contributed by atoms with van der Waals surface area (Å²) >= 11 is 0. The Kier molecular flexibility index (Phi) is 7.70. The van der Waals surface area contributed by atoms with Gasteiger partial charge in [0.1, 0.15) is 5.75 Å². The van der Waals surface area contributed by atoms with Crippen molar-refractivity contribution in [3.63, 3.8) is 0 Å². The van der Waals surface area contributed by atoms with Crippen LogP contribution in [0.2, 0.25) is 0 Å². The predicted octanol–water partition coefficient (Wildman–Crippen LogP) is 3.34. The van der Waals surface area contributed by atoms with Crippen LogP contribution in [0.3, 0.4) is 0 Å². The van der Waals surface area contributed by atoms with Gasteiger partial charge in [-0.25, -0.2) is 8.42 Å². The maximum absolute atomic E-state index is 14.1. The molecule has 11 heteroatoms. The van der Waals surface area contributed by atoms with Crippen molar-refractivity contribution in [1.82, 2.24) is 0 Å². The molecule has 200 valence electrons. The van der Waals surface area contributed by atoms with E-state index in [0.29, 0.717) is 23.1 Å². The number of carbonyl (C=O) groups is 1. The van der Waals surface area contributed by atoms with E-state index < -0.39 is 44.0 Å². The number of amides is 1. The van der Waals surface area contributed by atoms with Crippen LogP contribution in [0.5, 0.6) is 5.75 Å². The number of sulfonamides is 1. The summed E-state index contributed by atoms with van der Waals surface area (Å²) in [6.07, 6.45) is -0.862. The van der Waals surface area contributed by atoms with Crippen molar-refractivity contribution in [2.75, 3.05) is 4.31 Å². The molecule has 1 aliphatic rings. The summed E-state index contributed by atoms with van der Waals surface area (Å²) in [6, 6.07) is 16.7. The van der Waals surface area contributed by atoms with Crippen molar-refractivity contribution < 1.29 is 28.3 Å².